The van der Waals surface area contributed by atoms with Gasteiger partial charge in [-0.15, -0.1) is 0 Å². The summed E-state index contributed by atoms with van der Waals surface area (Å²) in [6, 6.07) is 11.8. The van der Waals surface area contributed by atoms with Gasteiger partial charge in [0.2, 0.25) is 5.91 Å². The third kappa shape index (κ3) is 7.07. The van der Waals surface area contributed by atoms with Crippen LogP contribution < -0.4 is 15.5 Å². The number of amides is 2. The van der Waals surface area contributed by atoms with Crippen LogP contribution in [0.3, 0.4) is 0 Å². The Bertz CT molecular complexity index is 890. The summed E-state index contributed by atoms with van der Waals surface area (Å²) in [4.78, 5) is 24.2. The van der Waals surface area contributed by atoms with Crippen molar-refractivity contribution in [2.45, 2.75) is 26.3 Å². The van der Waals surface area contributed by atoms with E-state index >= 15 is 0 Å². The average Bonchev–Trinajstić information content (AvgIpc) is 2.72. The van der Waals surface area contributed by atoms with Gasteiger partial charge in [-0.05, 0) is 53.0 Å². The van der Waals surface area contributed by atoms with Crippen LogP contribution >= 0.6 is 15.9 Å². The first-order valence-corrected chi connectivity index (χ1v) is 10.2. The minimum absolute atomic E-state index is 0.00576. The van der Waals surface area contributed by atoms with E-state index in [1.807, 2.05) is 37.3 Å². The molecular formula is C21H24BrN3O5. The van der Waals surface area contributed by atoms with E-state index in [9.17, 15) is 14.7 Å². The first-order chi connectivity index (χ1) is 14.4. The molecular weight excluding hydrogens is 454 g/mol. The van der Waals surface area contributed by atoms with Gasteiger partial charge in [-0.2, -0.15) is 5.10 Å². The summed E-state index contributed by atoms with van der Waals surface area (Å²) in [5.41, 5.74) is 3.83. The molecule has 0 aliphatic carbocycles. The van der Waals surface area contributed by atoms with Gasteiger partial charge in [-0.1, -0.05) is 30.3 Å². The van der Waals surface area contributed by atoms with Gasteiger partial charge in [0, 0.05) is 0 Å². The Hall–Kier alpha value is -3.07. The predicted molar refractivity (Wildman–Crippen MR) is 117 cm³/mol. The highest BCUT2D eigenvalue weighted by Gasteiger charge is 2.18. The van der Waals surface area contributed by atoms with Crippen LogP contribution in [0.4, 0.5) is 4.79 Å². The van der Waals surface area contributed by atoms with Gasteiger partial charge in [-0.25, -0.2) is 10.2 Å². The monoisotopic (exact) mass is 477 g/mol. The first-order valence-electron chi connectivity index (χ1n) is 9.40. The molecule has 0 radical (unpaired) electrons. The smallest absolute Gasteiger partial charge is 0.407 e. The topological polar surface area (TPSA) is 109 Å². The number of halogens is 1. The molecule has 2 aromatic carbocycles. The first kappa shape index (κ1) is 23.2. The van der Waals surface area contributed by atoms with Gasteiger partial charge >= 0.3 is 6.09 Å². The zero-order valence-electron chi connectivity index (χ0n) is 16.7. The van der Waals surface area contributed by atoms with Crippen LogP contribution in [0.1, 0.15) is 37.4 Å². The fourth-order valence-electron chi connectivity index (χ4n) is 2.60. The minimum atomic E-state index is -0.597. The van der Waals surface area contributed by atoms with Crippen molar-refractivity contribution in [1.82, 2.24) is 10.7 Å². The van der Waals surface area contributed by atoms with Gasteiger partial charge < -0.3 is 19.9 Å². The molecule has 2 amide bonds. The Morgan fingerprint density at radius 1 is 1.20 bits per heavy atom. The number of carbonyl (C=O) groups is 2. The minimum Gasteiger partial charge on any atom is -0.503 e. The van der Waals surface area contributed by atoms with Crippen LogP contribution in [0.5, 0.6) is 11.5 Å². The lowest BCUT2D eigenvalue weighted by atomic mass is 10.0. The highest BCUT2D eigenvalue weighted by Crippen LogP contribution is 2.35. The van der Waals surface area contributed by atoms with E-state index in [1.54, 1.807) is 19.1 Å². The highest BCUT2D eigenvalue weighted by molar-refractivity contribution is 9.10. The molecule has 1 atom stereocenters. The Morgan fingerprint density at radius 2 is 1.93 bits per heavy atom. The van der Waals surface area contributed by atoms with Crippen molar-refractivity contribution in [3.8, 4) is 11.5 Å². The molecule has 0 spiro atoms. The number of aromatic hydroxyl groups is 1. The summed E-state index contributed by atoms with van der Waals surface area (Å²) in [6.07, 6.45) is 0.810. The van der Waals surface area contributed by atoms with Crippen LogP contribution in [0.15, 0.2) is 52.0 Å². The fourth-order valence-corrected chi connectivity index (χ4v) is 3.06. The lowest BCUT2D eigenvalue weighted by Gasteiger charge is -2.18. The molecule has 0 unspecified atom stereocenters. The van der Waals surface area contributed by atoms with E-state index in [0.717, 1.165) is 5.56 Å². The number of carbonyl (C=O) groups excluding carboxylic acids is 2. The molecule has 0 aromatic heterocycles. The number of alkyl carbamates (subject to hydrolysis) is 1. The summed E-state index contributed by atoms with van der Waals surface area (Å²) in [6.45, 7) is 4.14. The molecule has 0 saturated carbocycles. The van der Waals surface area contributed by atoms with Crippen LogP contribution in [0.2, 0.25) is 0 Å². The second-order valence-electron chi connectivity index (χ2n) is 6.11. The molecule has 8 nitrogen and oxygen atoms in total. The lowest BCUT2D eigenvalue weighted by molar-refractivity contribution is -0.121. The Kier molecular flexibility index (Phi) is 9.14. The third-order valence-electron chi connectivity index (χ3n) is 3.91. The largest absolute Gasteiger partial charge is 0.503 e. The molecule has 3 N–H and O–H groups in total. The van der Waals surface area contributed by atoms with Crippen molar-refractivity contribution >= 4 is 34.1 Å². The number of nitrogens with zero attached hydrogens (tertiary/aromatic N) is 1. The molecule has 0 aliphatic rings. The second kappa shape index (κ2) is 11.8. The van der Waals surface area contributed by atoms with E-state index in [-0.39, 0.29) is 24.7 Å². The normalized spacial score (nSPS) is 11.7. The molecule has 30 heavy (non-hydrogen) atoms. The Morgan fingerprint density at radius 3 is 2.60 bits per heavy atom. The standard InChI is InChI=1S/C21H24BrN3O5/c1-3-29-18-11-14(10-16(22)20(18)27)13-23-25-19(26)12-17(24-21(28)30-4-2)15-8-6-5-7-9-15/h5-11,13,17,27H,3-4,12H2,1-2H3,(H,24,28)(H,25,26)/b23-13-/t17-/m1/s1. The maximum absolute atomic E-state index is 12.4. The number of hydrogen-bond donors (Lipinski definition) is 3. The fraction of sp³-hybridized carbons (Fsp3) is 0.286. The van der Waals surface area contributed by atoms with Crippen molar-refractivity contribution < 1.29 is 24.2 Å². The van der Waals surface area contributed by atoms with Crippen LogP contribution in [0.25, 0.3) is 0 Å². The Balaban J connectivity index is 2.04. The molecule has 2 rings (SSSR count). The molecule has 0 bridgehead atoms. The third-order valence-corrected chi connectivity index (χ3v) is 4.52. The molecule has 0 heterocycles. The van der Waals surface area contributed by atoms with E-state index < -0.39 is 12.1 Å². The number of nitrogens with one attached hydrogen (secondary N) is 2. The van der Waals surface area contributed by atoms with E-state index in [4.69, 9.17) is 9.47 Å². The molecule has 160 valence electrons. The van der Waals surface area contributed by atoms with Gasteiger partial charge in [0.05, 0.1) is 36.4 Å². The van der Waals surface area contributed by atoms with Crippen LogP contribution in [-0.2, 0) is 9.53 Å². The van der Waals surface area contributed by atoms with E-state index in [2.05, 4.69) is 31.8 Å². The quantitative estimate of drug-likeness (QED) is 0.375. The summed E-state index contributed by atoms with van der Waals surface area (Å²) >= 11 is 3.25. The average molecular weight is 478 g/mol. The molecule has 2 aromatic rings. The lowest BCUT2D eigenvalue weighted by Crippen LogP contribution is -2.33. The molecule has 0 aliphatic heterocycles. The number of phenolic OH excluding ortho intramolecular Hbond substituents is 1. The van der Waals surface area contributed by atoms with Gasteiger partial charge in [0.1, 0.15) is 0 Å². The number of hydrazone groups is 1. The van der Waals surface area contributed by atoms with Crippen LogP contribution in [-0.4, -0.2) is 36.5 Å². The van der Waals surface area contributed by atoms with Crippen molar-refractivity contribution in [3.05, 3.63) is 58.1 Å². The molecule has 0 fully saturated rings. The highest BCUT2D eigenvalue weighted by atomic mass is 79.9. The number of hydrogen-bond acceptors (Lipinski definition) is 6. The summed E-state index contributed by atoms with van der Waals surface area (Å²) in [7, 11) is 0. The maximum atomic E-state index is 12.4. The summed E-state index contributed by atoms with van der Waals surface area (Å²) < 4.78 is 10.7. The van der Waals surface area contributed by atoms with Crippen molar-refractivity contribution in [2.24, 2.45) is 5.10 Å². The van der Waals surface area contributed by atoms with Gasteiger partial charge in [0.25, 0.3) is 0 Å². The van der Waals surface area contributed by atoms with E-state index in [0.29, 0.717) is 22.4 Å². The Labute approximate surface area is 183 Å². The van der Waals surface area contributed by atoms with Crippen molar-refractivity contribution in [2.75, 3.05) is 13.2 Å². The van der Waals surface area contributed by atoms with Crippen molar-refractivity contribution in [1.29, 1.82) is 0 Å². The van der Waals surface area contributed by atoms with Gasteiger partial charge in [0.15, 0.2) is 11.5 Å². The predicted octanol–water partition coefficient (Wildman–Crippen LogP) is 3.88. The number of rotatable bonds is 9. The van der Waals surface area contributed by atoms with Crippen molar-refractivity contribution in [3.63, 3.8) is 0 Å². The molecule has 9 heteroatoms. The van der Waals surface area contributed by atoms with Gasteiger partial charge in [-0.3, -0.25) is 4.79 Å². The van der Waals surface area contributed by atoms with Crippen LogP contribution in [0, 0.1) is 0 Å². The number of ether oxygens (including phenoxy) is 2. The SMILES string of the molecule is CCOC(=O)N[C@H](CC(=O)N/N=C\c1cc(Br)c(O)c(OCC)c1)c1ccccc1. The van der Waals surface area contributed by atoms with E-state index in [1.165, 1.54) is 6.21 Å². The summed E-state index contributed by atoms with van der Waals surface area (Å²) in [5, 5.41) is 16.6. The maximum Gasteiger partial charge on any atom is 0.407 e. The zero-order valence-corrected chi connectivity index (χ0v) is 18.3. The number of phenols is 1. The zero-order chi connectivity index (χ0) is 21.9. The second-order valence-corrected chi connectivity index (χ2v) is 6.96. The summed E-state index contributed by atoms with van der Waals surface area (Å²) in [5.74, 6) is -0.0871. The number of benzene rings is 2. The molecule has 0 saturated heterocycles.